The van der Waals surface area contributed by atoms with E-state index in [1.54, 1.807) is 0 Å². The van der Waals surface area contributed by atoms with Crippen LogP contribution in [0.2, 0.25) is 5.02 Å². The molecule has 0 bridgehead atoms. The molecule has 0 spiro atoms. The Balaban J connectivity index is 1.80. The zero-order chi connectivity index (χ0) is 16.7. The molecule has 2 aromatic rings. The van der Waals surface area contributed by atoms with Crippen molar-refractivity contribution in [3.05, 3.63) is 29.0 Å². The SMILES string of the molecule is CCCCNc1nnc(SCC(=O)Nc2ccc(F)cc2Cl)s1. The van der Waals surface area contributed by atoms with Crippen LogP contribution in [-0.2, 0) is 4.79 Å². The van der Waals surface area contributed by atoms with Crippen molar-refractivity contribution in [2.75, 3.05) is 22.9 Å². The number of aromatic nitrogens is 2. The Kier molecular flexibility index (Phi) is 7.07. The second-order valence-electron chi connectivity index (χ2n) is 4.61. The van der Waals surface area contributed by atoms with Gasteiger partial charge in [0.15, 0.2) is 4.34 Å². The van der Waals surface area contributed by atoms with Gasteiger partial charge in [-0.05, 0) is 24.6 Å². The number of amides is 1. The maximum Gasteiger partial charge on any atom is 0.234 e. The van der Waals surface area contributed by atoms with Crippen LogP contribution in [0.4, 0.5) is 15.2 Å². The van der Waals surface area contributed by atoms with Crippen LogP contribution < -0.4 is 10.6 Å². The van der Waals surface area contributed by atoms with Crippen molar-refractivity contribution in [3.63, 3.8) is 0 Å². The molecule has 2 N–H and O–H groups in total. The standard InChI is InChI=1S/C14H16ClFN4OS2/c1-2-3-6-17-13-19-20-14(23-13)22-8-12(21)18-11-5-4-9(16)7-10(11)15/h4-5,7H,2-3,6,8H2,1H3,(H,17,19)(H,18,21). The highest BCUT2D eigenvalue weighted by molar-refractivity contribution is 8.01. The van der Waals surface area contributed by atoms with Crippen LogP contribution in [0.15, 0.2) is 22.5 Å². The van der Waals surface area contributed by atoms with Crippen LogP contribution in [0, 0.1) is 5.82 Å². The Hall–Kier alpha value is -1.38. The number of anilines is 2. The molecule has 9 heteroatoms. The maximum absolute atomic E-state index is 12.9. The summed E-state index contributed by atoms with van der Waals surface area (Å²) in [5.74, 6) is -0.504. The molecular formula is C14H16ClFN4OS2. The van der Waals surface area contributed by atoms with Crippen molar-refractivity contribution in [2.24, 2.45) is 0 Å². The number of rotatable bonds is 8. The molecule has 1 aromatic heterocycles. The minimum Gasteiger partial charge on any atom is -0.360 e. The number of carbonyl (C=O) groups excluding carboxylic acids is 1. The van der Waals surface area contributed by atoms with Crippen LogP contribution in [-0.4, -0.2) is 28.4 Å². The normalized spacial score (nSPS) is 10.6. The number of hydrogen-bond donors (Lipinski definition) is 2. The predicted molar refractivity (Wildman–Crippen MR) is 94.1 cm³/mol. The highest BCUT2D eigenvalue weighted by Crippen LogP contribution is 2.26. The highest BCUT2D eigenvalue weighted by atomic mass is 35.5. The summed E-state index contributed by atoms with van der Waals surface area (Å²) in [6.07, 6.45) is 2.18. The van der Waals surface area contributed by atoms with Crippen LogP contribution in [0.3, 0.4) is 0 Å². The van der Waals surface area contributed by atoms with Crippen molar-refractivity contribution >= 4 is 51.4 Å². The molecule has 0 aliphatic rings. The van der Waals surface area contributed by atoms with Crippen LogP contribution in [0.1, 0.15) is 19.8 Å². The Labute approximate surface area is 147 Å². The van der Waals surface area contributed by atoms with Gasteiger partial charge >= 0.3 is 0 Å². The molecule has 5 nitrogen and oxygen atoms in total. The Morgan fingerprint density at radius 3 is 3.00 bits per heavy atom. The second kappa shape index (κ2) is 9.05. The largest absolute Gasteiger partial charge is 0.360 e. The van der Waals surface area contributed by atoms with E-state index in [-0.39, 0.29) is 16.7 Å². The van der Waals surface area contributed by atoms with Crippen LogP contribution in [0.25, 0.3) is 0 Å². The summed E-state index contributed by atoms with van der Waals surface area (Å²) in [5, 5.41) is 14.8. The zero-order valence-electron chi connectivity index (χ0n) is 12.4. The molecule has 1 amide bonds. The van der Waals surface area contributed by atoms with Crippen molar-refractivity contribution in [3.8, 4) is 0 Å². The predicted octanol–water partition coefficient (Wildman–Crippen LogP) is 4.27. The lowest BCUT2D eigenvalue weighted by molar-refractivity contribution is -0.113. The molecular weight excluding hydrogens is 359 g/mol. The van der Waals surface area contributed by atoms with Gasteiger partial charge in [0.1, 0.15) is 5.82 Å². The lowest BCUT2D eigenvalue weighted by Gasteiger charge is -2.06. The lowest BCUT2D eigenvalue weighted by Crippen LogP contribution is -2.14. The summed E-state index contributed by atoms with van der Waals surface area (Å²) in [6.45, 7) is 2.98. The van der Waals surface area contributed by atoms with Gasteiger partial charge in [0.2, 0.25) is 11.0 Å². The minimum atomic E-state index is -0.445. The van der Waals surface area contributed by atoms with Gasteiger partial charge in [0, 0.05) is 6.54 Å². The fraction of sp³-hybridized carbons (Fsp3) is 0.357. The van der Waals surface area contributed by atoms with E-state index in [0.29, 0.717) is 10.0 Å². The molecule has 0 fully saturated rings. The highest BCUT2D eigenvalue weighted by Gasteiger charge is 2.10. The average molecular weight is 375 g/mol. The topological polar surface area (TPSA) is 66.9 Å². The number of halogens is 2. The fourth-order valence-electron chi connectivity index (χ4n) is 1.62. The third-order valence-corrected chi connectivity index (χ3v) is 5.07. The monoisotopic (exact) mass is 374 g/mol. The van der Waals surface area contributed by atoms with E-state index in [1.165, 1.54) is 35.2 Å². The third-order valence-electron chi connectivity index (χ3n) is 2.74. The summed E-state index contributed by atoms with van der Waals surface area (Å²) in [6, 6.07) is 3.83. The molecule has 0 radical (unpaired) electrons. The van der Waals surface area contributed by atoms with Gasteiger partial charge in [0.05, 0.1) is 16.5 Å². The first-order valence-electron chi connectivity index (χ1n) is 7.03. The molecule has 2 rings (SSSR count). The quantitative estimate of drug-likeness (QED) is 0.533. The first-order valence-corrected chi connectivity index (χ1v) is 9.21. The Bertz CT molecular complexity index is 668. The van der Waals surface area contributed by atoms with Gasteiger partial charge in [0.25, 0.3) is 0 Å². The number of nitrogens with one attached hydrogen (secondary N) is 2. The van der Waals surface area contributed by atoms with Gasteiger partial charge in [-0.2, -0.15) is 0 Å². The number of thioether (sulfide) groups is 1. The molecule has 23 heavy (non-hydrogen) atoms. The lowest BCUT2D eigenvalue weighted by atomic mass is 10.3. The van der Waals surface area contributed by atoms with Crippen molar-refractivity contribution < 1.29 is 9.18 Å². The molecule has 0 aliphatic heterocycles. The molecule has 0 unspecified atom stereocenters. The van der Waals surface area contributed by atoms with E-state index < -0.39 is 5.82 Å². The Morgan fingerprint density at radius 1 is 1.43 bits per heavy atom. The summed E-state index contributed by atoms with van der Waals surface area (Å²) in [4.78, 5) is 11.9. The van der Waals surface area contributed by atoms with E-state index in [1.807, 2.05) is 0 Å². The van der Waals surface area contributed by atoms with Crippen LogP contribution in [0.5, 0.6) is 0 Å². The van der Waals surface area contributed by atoms with Gasteiger partial charge < -0.3 is 10.6 Å². The molecule has 0 atom stereocenters. The Morgan fingerprint density at radius 2 is 2.26 bits per heavy atom. The van der Waals surface area contributed by atoms with E-state index >= 15 is 0 Å². The molecule has 1 heterocycles. The van der Waals surface area contributed by atoms with Crippen LogP contribution >= 0.6 is 34.7 Å². The molecule has 1 aromatic carbocycles. The van der Waals surface area contributed by atoms with Gasteiger partial charge in [-0.3, -0.25) is 4.79 Å². The number of benzene rings is 1. The number of hydrogen-bond acceptors (Lipinski definition) is 6. The fourth-order valence-corrected chi connectivity index (χ4v) is 3.41. The summed E-state index contributed by atoms with van der Waals surface area (Å²) in [7, 11) is 0. The molecule has 0 aliphatic carbocycles. The molecule has 0 saturated heterocycles. The maximum atomic E-state index is 12.9. The first-order chi connectivity index (χ1) is 11.1. The molecule has 0 saturated carbocycles. The van der Waals surface area contributed by atoms with Crippen molar-refractivity contribution in [2.45, 2.75) is 24.1 Å². The number of unbranched alkanes of at least 4 members (excludes halogenated alkanes) is 1. The summed E-state index contributed by atoms with van der Waals surface area (Å²) >= 11 is 8.57. The third kappa shape index (κ3) is 5.96. The number of carbonyl (C=O) groups is 1. The smallest absolute Gasteiger partial charge is 0.234 e. The van der Waals surface area contributed by atoms with Crippen molar-refractivity contribution in [1.82, 2.24) is 10.2 Å². The molecule has 124 valence electrons. The van der Waals surface area contributed by atoms with Gasteiger partial charge in [-0.15, -0.1) is 10.2 Å². The van der Waals surface area contributed by atoms with E-state index in [0.717, 1.165) is 30.6 Å². The van der Waals surface area contributed by atoms with Crippen molar-refractivity contribution in [1.29, 1.82) is 0 Å². The summed E-state index contributed by atoms with van der Waals surface area (Å²) < 4.78 is 13.7. The summed E-state index contributed by atoms with van der Waals surface area (Å²) in [5.41, 5.74) is 0.387. The van der Waals surface area contributed by atoms with E-state index in [4.69, 9.17) is 11.6 Å². The van der Waals surface area contributed by atoms with E-state index in [9.17, 15) is 9.18 Å². The zero-order valence-corrected chi connectivity index (χ0v) is 14.8. The van der Waals surface area contributed by atoms with Gasteiger partial charge in [-0.1, -0.05) is 48.0 Å². The number of nitrogens with zero attached hydrogens (tertiary/aromatic N) is 2. The average Bonchev–Trinajstić information content (AvgIpc) is 2.96. The first kappa shape index (κ1) is 18.0. The second-order valence-corrected chi connectivity index (χ2v) is 7.22. The minimum absolute atomic E-state index is 0.168. The van der Waals surface area contributed by atoms with Gasteiger partial charge in [-0.25, -0.2) is 4.39 Å². The van der Waals surface area contributed by atoms with E-state index in [2.05, 4.69) is 27.8 Å².